The van der Waals surface area contributed by atoms with E-state index in [1.54, 1.807) is 6.08 Å². The Morgan fingerprint density at radius 1 is 1.33 bits per heavy atom. The lowest BCUT2D eigenvalue weighted by atomic mass is 9.94. The summed E-state index contributed by atoms with van der Waals surface area (Å²) in [6.07, 6.45) is 10.7. The zero-order valence-corrected chi connectivity index (χ0v) is 7.63. The minimum atomic E-state index is -0.348. The molecule has 0 aliphatic heterocycles. The van der Waals surface area contributed by atoms with Gasteiger partial charge >= 0.3 is 0 Å². The van der Waals surface area contributed by atoms with E-state index in [9.17, 15) is 5.11 Å². The molecule has 1 rings (SSSR count). The smallest absolute Gasteiger partial charge is 0.0752 e. The maximum Gasteiger partial charge on any atom is 0.0752 e. The highest BCUT2D eigenvalue weighted by Gasteiger charge is 2.05. The Morgan fingerprint density at radius 2 is 2.00 bits per heavy atom. The quantitative estimate of drug-likeness (QED) is 0.639. The monoisotopic (exact) mass is 166 g/mol. The highest BCUT2D eigenvalue weighted by atomic mass is 16.3. The van der Waals surface area contributed by atoms with Crippen LogP contribution in [0.3, 0.4) is 0 Å². The van der Waals surface area contributed by atoms with E-state index in [2.05, 4.69) is 12.7 Å². The van der Waals surface area contributed by atoms with Crippen LogP contribution in [-0.2, 0) is 0 Å². The molecule has 0 unspecified atom stereocenters. The van der Waals surface area contributed by atoms with E-state index in [0.29, 0.717) is 0 Å². The van der Waals surface area contributed by atoms with Crippen LogP contribution in [0, 0.1) is 0 Å². The van der Waals surface area contributed by atoms with E-state index < -0.39 is 0 Å². The van der Waals surface area contributed by atoms with Crippen LogP contribution in [0.2, 0.25) is 0 Å². The van der Waals surface area contributed by atoms with Gasteiger partial charge in [-0.1, -0.05) is 24.1 Å². The molecule has 0 heterocycles. The molecule has 0 aromatic carbocycles. The van der Waals surface area contributed by atoms with Gasteiger partial charge in [0.1, 0.15) is 0 Å². The van der Waals surface area contributed by atoms with Gasteiger partial charge in [0.2, 0.25) is 0 Å². The topological polar surface area (TPSA) is 20.2 Å². The summed E-state index contributed by atoms with van der Waals surface area (Å²) in [6, 6.07) is 0. The Kier molecular flexibility index (Phi) is 4.09. The van der Waals surface area contributed by atoms with Gasteiger partial charge < -0.3 is 5.11 Å². The molecule has 0 amide bonds. The van der Waals surface area contributed by atoms with Crippen molar-refractivity contribution in [2.45, 2.75) is 44.6 Å². The largest absolute Gasteiger partial charge is 0.389 e. The summed E-state index contributed by atoms with van der Waals surface area (Å²) >= 11 is 0. The highest BCUT2D eigenvalue weighted by molar-refractivity contribution is 5.05. The molecule has 0 bridgehead atoms. The van der Waals surface area contributed by atoms with Crippen molar-refractivity contribution in [1.82, 2.24) is 0 Å². The zero-order chi connectivity index (χ0) is 8.81. The fourth-order valence-electron chi connectivity index (χ4n) is 1.59. The molecule has 0 aromatic rings. The van der Waals surface area contributed by atoms with E-state index >= 15 is 0 Å². The number of allylic oxidation sites excluding steroid dienone is 1. The summed E-state index contributed by atoms with van der Waals surface area (Å²) in [6.45, 7) is 3.55. The van der Waals surface area contributed by atoms with Crippen molar-refractivity contribution < 1.29 is 5.11 Å². The molecule has 1 aliphatic rings. The van der Waals surface area contributed by atoms with E-state index in [0.717, 1.165) is 6.42 Å². The van der Waals surface area contributed by atoms with E-state index in [4.69, 9.17) is 0 Å². The molecular weight excluding hydrogens is 148 g/mol. The second-order valence-corrected chi connectivity index (χ2v) is 3.46. The van der Waals surface area contributed by atoms with Crippen molar-refractivity contribution in [2.75, 3.05) is 0 Å². The predicted octanol–water partition coefficient (Wildman–Crippen LogP) is 2.81. The maximum atomic E-state index is 9.23. The van der Waals surface area contributed by atoms with Crippen LogP contribution < -0.4 is 0 Å². The van der Waals surface area contributed by atoms with E-state index in [1.165, 1.54) is 37.7 Å². The van der Waals surface area contributed by atoms with Gasteiger partial charge in [-0.05, 0) is 32.1 Å². The third kappa shape index (κ3) is 3.22. The molecule has 1 N–H and O–H groups in total. The highest BCUT2D eigenvalue weighted by Crippen LogP contribution is 2.23. The van der Waals surface area contributed by atoms with Crippen LogP contribution in [0.1, 0.15) is 38.5 Å². The third-order valence-electron chi connectivity index (χ3n) is 2.42. The van der Waals surface area contributed by atoms with Crippen LogP contribution >= 0.6 is 0 Å². The van der Waals surface area contributed by atoms with Crippen molar-refractivity contribution >= 4 is 0 Å². The van der Waals surface area contributed by atoms with Gasteiger partial charge in [0.05, 0.1) is 6.10 Å². The lowest BCUT2D eigenvalue weighted by Crippen LogP contribution is -2.00. The zero-order valence-electron chi connectivity index (χ0n) is 7.63. The molecule has 68 valence electrons. The lowest BCUT2D eigenvalue weighted by Gasteiger charge is -2.13. The van der Waals surface area contributed by atoms with Crippen LogP contribution in [-0.4, -0.2) is 11.2 Å². The van der Waals surface area contributed by atoms with Crippen LogP contribution in [0.15, 0.2) is 24.3 Å². The van der Waals surface area contributed by atoms with Gasteiger partial charge in [0, 0.05) is 0 Å². The van der Waals surface area contributed by atoms with Crippen LogP contribution in [0.25, 0.3) is 0 Å². The Morgan fingerprint density at radius 3 is 2.58 bits per heavy atom. The molecule has 0 saturated heterocycles. The van der Waals surface area contributed by atoms with Crippen LogP contribution in [0.5, 0.6) is 0 Å². The summed E-state index contributed by atoms with van der Waals surface area (Å²) in [5.74, 6) is 0. The maximum absolute atomic E-state index is 9.23. The molecule has 1 aliphatic carbocycles. The number of hydrogen-bond acceptors (Lipinski definition) is 1. The minimum Gasteiger partial charge on any atom is -0.389 e. The normalized spacial score (nSPS) is 20.2. The van der Waals surface area contributed by atoms with Gasteiger partial charge in [0.15, 0.2) is 0 Å². The third-order valence-corrected chi connectivity index (χ3v) is 2.42. The number of aliphatic hydroxyl groups excluding tert-OH is 1. The average Bonchev–Trinajstić information content (AvgIpc) is 2.16. The molecule has 0 radical (unpaired) electrons. The van der Waals surface area contributed by atoms with Crippen molar-refractivity contribution in [1.29, 1.82) is 0 Å². The van der Waals surface area contributed by atoms with Gasteiger partial charge in [0.25, 0.3) is 0 Å². The predicted molar refractivity (Wildman–Crippen MR) is 52.0 cm³/mol. The Balaban J connectivity index is 2.29. The molecular formula is C11H18O. The standard InChI is InChI=1S/C11H18O/c1-2-11(12)9-8-10-6-4-3-5-7-10/h2,8,11-12H,1,3-7,9H2/t11-/m0/s1. The number of rotatable bonds is 3. The van der Waals surface area contributed by atoms with Crippen molar-refractivity contribution in [3.63, 3.8) is 0 Å². The summed E-state index contributed by atoms with van der Waals surface area (Å²) in [7, 11) is 0. The van der Waals surface area contributed by atoms with Crippen LogP contribution in [0.4, 0.5) is 0 Å². The van der Waals surface area contributed by atoms with Crippen molar-refractivity contribution in [3.05, 3.63) is 24.3 Å². The Hall–Kier alpha value is -0.560. The number of hydrogen-bond donors (Lipinski definition) is 1. The van der Waals surface area contributed by atoms with Gasteiger partial charge in [-0.15, -0.1) is 6.58 Å². The average molecular weight is 166 g/mol. The fourth-order valence-corrected chi connectivity index (χ4v) is 1.59. The fraction of sp³-hybridized carbons (Fsp3) is 0.636. The first-order valence-electron chi connectivity index (χ1n) is 4.81. The summed E-state index contributed by atoms with van der Waals surface area (Å²) < 4.78 is 0. The van der Waals surface area contributed by atoms with Gasteiger partial charge in [-0.25, -0.2) is 0 Å². The molecule has 1 nitrogen and oxygen atoms in total. The van der Waals surface area contributed by atoms with Gasteiger partial charge in [-0.3, -0.25) is 0 Å². The summed E-state index contributed by atoms with van der Waals surface area (Å²) in [5.41, 5.74) is 1.53. The first-order chi connectivity index (χ1) is 5.83. The number of aliphatic hydroxyl groups is 1. The lowest BCUT2D eigenvalue weighted by molar-refractivity contribution is 0.227. The summed E-state index contributed by atoms with van der Waals surface area (Å²) in [4.78, 5) is 0. The Labute approximate surface area is 74.8 Å². The molecule has 0 spiro atoms. The van der Waals surface area contributed by atoms with Crippen molar-refractivity contribution in [3.8, 4) is 0 Å². The second-order valence-electron chi connectivity index (χ2n) is 3.46. The van der Waals surface area contributed by atoms with Crippen molar-refractivity contribution in [2.24, 2.45) is 0 Å². The second kappa shape index (κ2) is 5.15. The molecule has 1 heteroatoms. The molecule has 12 heavy (non-hydrogen) atoms. The molecule has 1 fully saturated rings. The Bertz CT molecular complexity index is 162. The molecule has 1 saturated carbocycles. The first-order valence-corrected chi connectivity index (χ1v) is 4.81. The first kappa shape index (κ1) is 9.53. The summed E-state index contributed by atoms with van der Waals surface area (Å²) in [5, 5.41) is 9.23. The van der Waals surface area contributed by atoms with E-state index in [1.807, 2.05) is 0 Å². The SMILES string of the molecule is C=C[C@H](O)CC=C1CCCCC1. The molecule has 0 aromatic heterocycles. The molecule has 1 atom stereocenters. The van der Waals surface area contributed by atoms with E-state index in [-0.39, 0.29) is 6.10 Å². The minimum absolute atomic E-state index is 0.348. The van der Waals surface area contributed by atoms with Gasteiger partial charge in [-0.2, -0.15) is 0 Å².